The molecular formula is C21H19Cl2N3O4S. The zero-order chi connectivity index (χ0) is 22.7. The minimum absolute atomic E-state index is 0.0329. The summed E-state index contributed by atoms with van der Waals surface area (Å²) >= 11 is 13.4. The van der Waals surface area contributed by atoms with Crippen molar-refractivity contribution < 1.29 is 14.5 Å². The molecule has 0 N–H and O–H groups in total. The van der Waals surface area contributed by atoms with Gasteiger partial charge in [-0.15, -0.1) is 0 Å². The molecule has 0 aliphatic carbocycles. The van der Waals surface area contributed by atoms with Gasteiger partial charge in [-0.25, -0.2) is 0 Å². The van der Waals surface area contributed by atoms with E-state index in [0.717, 1.165) is 11.8 Å². The van der Waals surface area contributed by atoms with Crippen molar-refractivity contribution in [3.05, 3.63) is 68.7 Å². The lowest BCUT2D eigenvalue weighted by Gasteiger charge is -2.34. The van der Waals surface area contributed by atoms with Crippen LogP contribution in [0.4, 0.5) is 5.69 Å². The Morgan fingerprint density at radius 1 is 1.06 bits per heavy atom. The highest BCUT2D eigenvalue weighted by Gasteiger charge is 2.26. The van der Waals surface area contributed by atoms with Crippen LogP contribution < -0.4 is 0 Å². The maximum Gasteiger partial charge on any atom is 0.283 e. The lowest BCUT2D eigenvalue weighted by atomic mass is 10.1. The number of rotatable bonds is 5. The normalized spacial score (nSPS) is 13.8. The molecule has 2 aromatic carbocycles. The number of nitro benzene ring substituents is 1. The molecule has 162 valence electrons. The largest absolute Gasteiger partial charge is 0.339 e. The van der Waals surface area contributed by atoms with Gasteiger partial charge in [0.25, 0.3) is 11.6 Å². The van der Waals surface area contributed by atoms with Gasteiger partial charge in [-0.3, -0.25) is 19.7 Å². The second-order valence-electron chi connectivity index (χ2n) is 6.87. The first-order chi connectivity index (χ1) is 14.7. The number of nitrogens with zero attached hydrogens (tertiary/aromatic N) is 3. The van der Waals surface area contributed by atoms with Gasteiger partial charge in [-0.1, -0.05) is 53.7 Å². The van der Waals surface area contributed by atoms with E-state index >= 15 is 0 Å². The molecule has 0 atom stereocenters. The first-order valence-electron chi connectivity index (χ1n) is 9.33. The number of hydrogen-bond donors (Lipinski definition) is 0. The van der Waals surface area contributed by atoms with Crippen LogP contribution >= 0.6 is 35.0 Å². The number of nitro groups is 1. The Labute approximate surface area is 193 Å². The molecule has 2 amide bonds. The third-order valence-electron chi connectivity index (χ3n) is 4.91. The third kappa shape index (κ3) is 5.20. The third-order valence-corrected chi connectivity index (χ3v) is 6.97. The average molecular weight is 480 g/mol. The molecule has 0 radical (unpaired) electrons. The van der Waals surface area contributed by atoms with Crippen molar-refractivity contribution in [2.75, 3.05) is 26.2 Å². The van der Waals surface area contributed by atoms with E-state index in [0.29, 0.717) is 51.6 Å². The Hall–Kier alpha value is -2.55. The highest BCUT2D eigenvalue weighted by molar-refractivity contribution is 7.99. The van der Waals surface area contributed by atoms with Crippen LogP contribution in [0.3, 0.4) is 0 Å². The molecule has 0 aromatic heterocycles. The van der Waals surface area contributed by atoms with Crippen molar-refractivity contribution >= 4 is 58.0 Å². The van der Waals surface area contributed by atoms with E-state index < -0.39 is 4.92 Å². The van der Waals surface area contributed by atoms with Crippen LogP contribution in [0.2, 0.25) is 10.0 Å². The Morgan fingerprint density at radius 2 is 1.71 bits per heavy atom. The van der Waals surface area contributed by atoms with Gasteiger partial charge in [0.15, 0.2) is 0 Å². The van der Waals surface area contributed by atoms with Gasteiger partial charge in [-0.05, 0) is 23.8 Å². The minimum atomic E-state index is -0.506. The number of piperazine rings is 1. The van der Waals surface area contributed by atoms with E-state index in [1.54, 1.807) is 40.1 Å². The first-order valence-corrected chi connectivity index (χ1v) is 10.9. The van der Waals surface area contributed by atoms with Crippen molar-refractivity contribution in [2.45, 2.75) is 16.7 Å². The van der Waals surface area contributed by atoms with Gasteiger partial charge in [0.2, 0.25) is 5.91 Å². The van der Waals surface area contributed by atoms with Crippen LogP contribution in [-0.4, -0.2) is 52.7 Å². The molecule has 1 saturated heterocycles. The summed E-state index contributed by atoms with van der Waals surface area (Å²) in [5, 5.41) is 12.4. The molecule has 0 saturated carbocycles. The van der Waals surface area contributed by atoms with Gasteiger partial charge in [-0.2, -0.15) is 0 Å². The molecule has 1 fully saturated rings. The Bertz CT molecular complexity index is 1070. The van der Waals surface area contributed by atoms with Gasteiger partial charge in [0.1, 0.15) is 0 Å². The molecular weight excluding hydrogens is 461 g/mol. The smallest absolute Gasteiger partial charge is 0.283 e. The van der Waals surface area contributed by atoms with E-state index in [1.165, 1.54) is 13.0 Å². The Balaban J connectivity index is 1.81. The monoisotopic (exact) mass is 479 g/mol. The van der Waals surface area contributed by atoms with Crippen molar-refractivity contribution in [3.8, 4) is 0 Å². The fraction of sp³-hybridized carbons (Fsp3) is 0.238. The van der Waals surface area contributed by atoms with Crippen LogP contribution in [0, 0.1) is 10.1 Å². The number of hydrogen-bond acceptors (Lipinski definition) is 5. The molecule has 3 rings (SSSR count). The summed E-state index contributed by atoms with van der Waals surface area (Å²) in [6.07, 6.45) is 0. The highest BCUT2D eigenvalue weighted by Crippen LogP contribution is 2.41. The fourth-order valence-electron chi connectivity index (χ4n) is 3.15. The van der Waals surface area contributed by atoms with E-state index in [-0.39, 0.29) is 23.1 Å². The predicted molar refractivity (Wildman–Crippen MR) is 122 cm³/mol. The molecule has 10 heteroatoms. The van der Waals surface area contributed by atoms with Gasteiger partial charge in [0, 0.05) is 49.6 Å². The van der Waals surface area contributed by atoms with Gasteiger partial charge < -0.3 is 9.80 Å². The van der Waals surface area contributed by atoms with E-state index in [9.17, 15) is 19.7 Å². The molecule has 1 heterocycles. The van der Waals surface area contributed by atoms with Gasteiger partial charge in [0.05, 0.1) is 19.9 Å². The number of carbonyl (C=O) groups excluding carboxylic acids is 2. The predicted octanol–water partition coefficient (Wildman–Crippen LogP) is 4.76. The number of amides is 2. The standard InChI is InChI=1S/C21H19Cl2N3O4S/c1-13(21(28)25-10-8-24(9-11-25)14(2)27)15-6-7-18(17(12-15)26(29)30)31-19-5-3-4-16(22)20(19)23/h3-7,12H,1,8-11H2,2H3. The molecule has 0 unspecified atom stereocenters. The van der Waals surface area contributed by atoms with Crippen LogP contribution in [0.15, 0.2) is 52.8 Å². The van der Waals surface area contributed by atoms with Crippen LogP contribution in [0.1, 0.15) is 12.5 Å². The summed E-state index contributed by atoms with van der Waals surface area (Å²) in [6, 6.07) is 9.61. The summed E-state index contributed by atoms with van der Waals surface area (Å²) in [4.78, 5) is 39.7. The van der Waals surface area contributed by atoms with Crippen molar-refractivity contribution in [1.82, 2.24) is 9.80 Å². The van der Waals surface area contributed by atoms with Crippen LogP contribution in [0.25, 0.3) is 5.57 Å². The molecule has 31 heavy (non-hydrogen) atoms. The van der Waals surface area contributed by atoms with E-state index in [4.69, 9.17) is 23.2 Å². The topological polar surface area (TPSA) is 83.8 Å². The molecule has 0 spiro atoms. The van der Waals surface area contributed by atoms with Gasteiger partial charge >= 0.3 is 0 Å². The fourth-order valence-corrected chi connectivity index (χ4v) is 4.58. The summed E-state index contributed by atoms with van der Waals surface area (Å²) < 4.78 is 0. The minimum Gasteiger partial charge on any atom is -0.339 e. The summed E-state index contributed by atoms with van der Waals surface area (Å²) in [5.74, 6) is -0.342. The quantitative estimate of drug-likeness (QED) is 0.350. The number of benzene rings is 2. The zero-order valence-electron chi connectivity index (χ0n) is 16.6. The second-order valence-corrected chi connectivity index (χ2v) is 8.74. The maximum atomic E-state index is 12.8. The Kier molecular flexibility index (Phi) is 7.25. The van der Waals surface area contributed by atoms with Crippen molar-refractivity contribution in [2.24, 2.45) is 0 Å². The van der Waals surface area contributed by atoms with Crippen molar-refractivity contribution in [3.63, 3.8) is 0 Å². The molecule has 1 aliphatic rings. The summed E-state index contributed by atoms with van der Waals surface area (Å²) in [7, 11) is 0. The lowest BCUT2D eigenvalue weighted by molar-refractivity contribution is -0.387. The molecule has 0 bridgehead atoms. The van der Waals surface area contributed by atoms with Crippen LogP contribution in [-0.2, 0) is 9.59 Å². The number of halogens is 2. The molecule has 1 aliphatic heterocycles. The first kappa shape index (κ1) is 23.1. The maximum absolute atomic E-state index is 12.8. The molecule has 2 aromatic rings. The lowest BCUT2D eigenvalue weighted by Crippen LogP contribution is -2.50. The average Bonchev–Trinajstić information content (AvgIpc) is 2.76. The van der Waals surface area contributed by atoms with E-state index in [2.05, 4.69) is 6.58 Å². The highest BCUT2D eigenvalue weighted by atomic mass is 35.5. The van der Waals surface area contributed by atoms with E-state index in [1.807, 2.05) is 0 Å². The summed E-state index contributed by atoms with van der Waals surface area (Å²) in [5.41, 5.74) is 0.373. The zero-order valence-corrected chi connectivity index (χ0v) is 19.0. The van der Waals surface area contributed by atoms with Crippen LogP contribution in [0.5, 0.6) is 0 Å². The SMILES string of the molecule is C=C(C(=O)N1CCN(C(C)=O)CC1)c1ccc(Sc2cccc(Cl)c2Cl)c([N+](=O)[O-])c1. The molecule has 7 nitrogen and oxygen atoms in total. The number of carbonyl (C=O) groups is 2. The Morgan fingerprint density at radius 3 is 2.32 bits per heavy atom. The van der Waals surface area contributed by atoms with Crippen molar-refractivity contribution in [1.29, 1.82) is 0 Å². The second kappa shape index (κ2) is 9.72. The summed E-state index contributed by atoms with van der Waals surface area (Å²) in [6.45, 7) is 7.02.